The minimum atomic E-state index is -3.68. The number of hydrogen-bond donors (Lipinski definition) is 2. The molecule has 2 amide bonds. The standard InChI is InChI=1S/C23H29N3O4S/c1-16-10-11-18(3)21(13-16)31(29,30)26-12-6-9-20(26)15-25-23(28)22(27)24-14-19-8-5-4-7-17(19)2/h4-5,7-8,10-11,13,20H,6,9,12,14-15H2,1-3H3,(H,24,27)(H,25,28)/t20-/m1/s1. The van der Waals surface area contributed by atoms with Gasteiger partial charge in [0.2, 0.25) is 10.0 Å². The quantitative estimate of drug-likeness (QED) is 0.669. The third-order valence-electron chi connectivity index (χ3n) is 5.66. The maximum Gasteiger partial charge on any atom is 0.309 e. The molecule has 0 saturated carbocycles. The van der Waals surface area contributed by atoms with Gasteiger partial charge in [-0.1, -0.05) is 36.4 Å². The molecule has 0 bridgehead atoms. The van der Waals surface area contributed by atoms with Crippen LogP contribution in [0.25, 0.3) is 0 Å². The van der Waals surface area contributed by atoms with Crippen LogP contribution in [-0.2, 0) is 26.2 Å². The van der Waals surface area contributed by atoms with Crippen molar-refractivity contribution < 1.29 is 18.0 Å². The van der Waals surface area contributed by atoms with Crippen LogP contribution in [0.2, 0.25) is 0 Å². The minimum absolute atomic E-state index is 0.0979. The van der Waals surface area contributed by atoms with E-state index in [-0.39, 0.29) is 19.1 Å². The van der Waals surface area contributed by atoms with Gasteiger partial charge in [0, 0.05) is 25.7 Å². The van der Waals surface area contributed by atoms with Gasteiger partial charge < -0.3 is 10.6 Å². The van der Waals surface area contributed by atoms with Gasteiger partial charge in [-0.05, 0) is 61.9 Å². The molecule has 2 N–H and O–H groups in total. The monoisotopic (exact) mass is 443 g/mol. The highest BCUT2D eigenvalue weighted by Crippen LogP contribution is 2.28. The van der Waals surface area contributed by atoms with Gasteiger partial charge >= 0.3 is 11.8 Å². The number of benzene rings is 2. The van der Waals surface area contributed by atoms with E-state index in [1.807, 2.05) is 44.2 Å². The van der Waals surface area contributed by atoms with Crippen LogP contribution in [0.15, 0.2) is 47.4 Å². The summed E-state index contributed by atoms with van der Waals surface area (Å²) in [5.74, 6) is -1.49. The first-order chi connectivity index (χ1) is 14.7. The summed E-state index contributed by atoms with van der Waals surface area (Å²) in [7, 11) is -3.68. The molecule has 7 nitrogen and oxygen atoms in total. The second-order valence-corrected chi connectivity index (χ2v) is 9.86. The molecular formula is C23H29N3O4S. The lowest BCUT2D eigenvalue weighted by atomic mass is 10.1. The molecule has 3 rings (SSSR count). The lowest BCUT2D eigenvalue weighted by Gasteiger charge is -2.25. The van der Waals surface area contributed by atoms with Gasteiger partial charge in [-0.3, -0.25) is 9.59 Å². The van der Waals surface area contributed by atoms with Crippen molar-refractivity contribution in [2.75, 3.05) is 13.1 Å². The van der Waals surface area contributed by atoms with Gasteiger partial charge in [-0.15, -0.1) is 0 Å². The molecule has 2 aromatic carbocycles. The van der Waals surface area contributed by atoms with E-state index in [0.29, 0.717) is 29.8 Å². The molecule has 1 aliphatic heterocycles. The molecule has 31 heavy (non-hydrogen) atoms. The molecule has 2 aromatic rings. The number of aryl methyl sites for hydroxylation is 3. The van der Waals surface area contributed by atoms with Gasteiger partial charge in [0.1, 0.15) is 0 Å². The number of nitrogens with one attached hydrogen (secondary N) is 2. The predicted octanol–water partition coefficient (Wildman–Crippen LogP) is 2.20. The number of nitrogens with zero attached hydrogens (tertiary/aromatic N) is 1. The zero-order chi connectivity index (χ0) is 22.6. The van der Waals surface area contributed by atoms with E-state index in [1.165, 1.54) is 4.31 Å². The Kier molecular flexibility index (Phi) is 7.12. The number of sulfonamides is 1. The highest BCUT2D eigenvalue weighted by atomic mass is 32.2. The molecule has 1 atom stereocenters. The molecule has 8 heteroatoms. The lowest BCUT2D eigenvalue weighted by molar-refractivity contribution is -0.139. The van der Waals surface area contributed by atoms with Gasteiger partial charge in [0.15, 0.2) is 0 Å². The van der Waals surface area contributed by atoms with Crippen molar-refractivity contribution in [2.24, 2.45) is 0 Å². The number of carbonyl (C=O) groups excluding carboxylic acids is 2. The summed E-state index contributed by atoms with van der Waals surface area (Å²) >= 11 is 0. The Morgan fingerprint density at radius 2 is 1.71 bits per heavy atom. The normalized spacial score (nSPS) is 16.8. The summed E-state index contributed by atoms with van der Waals surface area (Å²) in [4.78, 5) is 24.7. The van der Waals surface area contributed by atoms with E-state index < -0.39 is 21.8 Å². The molecule has 1 saturated heterocycles. The maximum absolute atomic E-state index is 13.2. The summed E-state index contributed by atoms with van der Waals surface area (Å²) in [6.45, 7) is 6.33. The second kappa shape index (κ2) is 9.62. The molecule has 0 radical (unpaired) electrons. The van der Waals surface area contributed by atoms with Crippen molar-refractivity contribution in [2.45, 2.75) is 51.1 Å². The molecule has 1 fully saturated rings. The summed E-state index contributed by atoms with van der Waals surface area (Å²) in [6.07, 6.45) is 1.35. The first kappa shape index (κ1) is 23.0. The van der Waals surface area contributed by atoms with Gasteiger partial charge in [-0.25, -0.2) is 8.42 Å². The predicted molar refractivity (Wildman–Crippen MR) is 119 cm³/mol. The highest BCUT2D eigenvalue weighted by molar-refractivity contribution is 7.89. The Balaban J connectivity index is 1.60. The maximum atomic E-state index is 13.2. The third kappa shape index (κ3) is 5.32. The Morgan fingerprint density at radius 3 is 2.45 bits per heavy atom. The van der Waals surface area contributed by atoms with Crippen LogP contribution >= 0.6 is 0 Å². The van der Waals surface area contributed by atoms with E-state index in [4.69, 9.17) is 0 Å². The Labute approximate surface area is 183 Å². The second-order valence-electron chi connectivity index (χ2n) is 8.00. The van der Waals surface area contributed by atoms with E-state index >= 15 is 0 Å². The zero-order valence-electron chi connectivity index (χ0n) is 18.1. The van der Waals surface area contributed by atoms with Crippen LogP contribution in [0, 0.1) is 20.8 Å². The van der Waals surface area contributed by atoms with E-state index in [0.717, 1.165) is 16.7 Å². The molecule has 0 spiro atoms. The number of amides is 2. The fraction of sp³-hybridized carbons (Fsp3) is 0.391. The number of rotatable bonds is 6. The van der Waals surface area contributed by atoms with Crippen LogP contribution in [0.5, 0.6) is 0 Å². The van der Waals surface area contributed by atoms with Gasteiger partial charge in [-0.2, -0.15) is 4.31 Å². The van der Waals surface area contributed by atoms with Gasteiger partial charge in [0.25, 0.3) is 0 Å². The highest BCUT2D eigenvalue weighted by Gasteiger charge is 2.36. The zero-order valence-corrected chi connectivity index (χ0v) is 19.0. The Morgan fingerprint density at radius 1 is 1.00 bits per heavy atom. The first-order valence-electron chi connectivity index (χ1n) is 10.4. The molecule has 1 heterocycles. The average Bonchev–Trinajstić information content (AvgIpc) is 3.22. The van der Waals surface area contributed by atoms with Crippen LogP contribution < -0.4 is 10.6 Å². The van der Waals surface area contributed by atoms with Crippen molar-refractivity contribution in [1.82, 2.24) is 14.9 Å². The van der Waals surface area contributed by atoms with Crippen molar-refractivity contribution >= 4 is 21.8 Å². The third-order valence-corrected chi connectivity index (χ3v) is 7.75. The molecule has 0 aliphatic carbocycles. The van der Waals surface area contributed by atoms with Crippen LogP contribution in [0.1, 0.15) is 35.1 Å². The first-order valence-corrected chi connectivity index (χ1v) is 11.8. The Hall–Kier alpha value is -2.71. The van der Waals surface area contributed by atoms with E-state index in [9.17, 15) is 18.0 Å². The molecule has 0 unspecified atom stereocenters. The van der Waals surface area contributed by atoms with Crippen molar-refractivity contribution in [3.8, 4) is 0 Å². The summed E-state index contributed by atoms with van der Waals surface area (Å²) in [5.41, 5.74) is 3.53. The Bertz CT molecular complexity index is 1080. The van der Waals surface area contributed by atoms with Crippen molar-refractivity contribution in [3.05, 3.63) is 64.7 Å². The summed E-state index contributed by atoms with van der Waals surface area (Å²) < 4.78 is 27.9. The van der Waals surface area contributed by atoms with E-state index in [2.05, 4.69) is 10.6 Å². The molecule has 1 aliphatic rings. The summed E-state index contributed by atoms with van der Waals surface area (Å²) in [6, 6.07) is 12.6. The summed E-state index contributed by atoms with van der Waals surface area (Å²) in [5, 5.41) is 5.21. The number of carbonyl (C=O) groups is 2. The van der Waals surface area contributed by atoms with Crippen molar-refractivity contribution in [1.29, 1.82) is 0 Å². The molecule has 0 aromatic heterocycles. The van der Waals surface area contributed by atoms with E-state index in [1.54, 1.807) is 19.1 Å². The van der Waals surface area contributed by atoms with Gasteiger partial charge in [0.05, 0.1) is 4.90 Å². The molecular weight excluding hydrogens is 414 g/mol. The number of hydrogen-bond acceptors (Lipinski definition) is 4. The minimum Gasteiger partial charge on any atom is -0.346 e. The fourth-order valence-electron chi connectivity index (χ4n) is 3.80. The largest absolute Gasteiger partial charge is 0.346 e. The topological polar surface area (TPSA) is 95.6 Å². The average molecular weight is 444 g/mol. The van der Waals surface area contributed by atoms with Crippen LogP contribution in [0.4, 0.5) is 0 Å². The van der Waals surface area contributed by atoms with Crippen LogP contribution in [0.3, 0.4) is 0 Å². The van der Waals surface area contributed by atoms with Crippen molar-refractivity contribution in [3.63, 3.8) is 0 Å². The fourth-order valence-corrected chi connectivity index (χ4v) is 5.80. The molecule has 166 valence electrons. The smallest absolute Gasteiger partial charge is 0.309 e. The SMILES string of the molecule is Cc1ccc(C)c(S(=O)(=O)N2CCC[C@@H]2CNC(=O)C(=O)NCc2ccccc2C)c1. The lowest BCUT2D eigenvalue weighted by Crippen LogP contribution is -2.47. The van der Waals surface area contributed by atoms with Crippen LogP contribution in [-0.4, -0.2) is 43.7 Å².